The Balaban J connectivity index is 2.18. The van der Waals surface area contributed by atoms with Crippen molar-refractivity contribution < 1.29 is 13.2 Å². The van der Waals surface area contributed by atoms with Crippen molar-refractivity contribution in [3.05, 3.63) is 71.8 Å². The fraction of sp³-hybridized carbons (Fsp3) is 0.316. The SMILES string of the molecule is CN(C)S(=O)(=O)N(C)CC(=O)N(Cc1ccccc1)Cc1ccccc1. The van der Waals surface area contributed by atoms with Gasteiger partial charge in [-0.05, 0) is 11.1 Å². The molecular formula is C19H25N3O3S. The molecule has 0 radical (unpaired) electrons. The zero-order valence-corrected chi connectivity index (χ0v) is 16.2. The van der Waals surface area contributed by atoms with E-state index >= 15 is 0 Å². The van der Waals surface area contributed by atoms with E-state index in [1.807, 2.05) is 60.7 Å². The molecule has 0 fully saturated rings. The van der Waals surface area contributed by atoms with Crippen LogP contribution >= 0.6 is 0 Å². The summed E-state index contributed by atoms with van der Waals surface area (Å²) in [6.45, 7) is 0.634. The van der Waals surface area contributed by atoms with Gasteiger partial charge in [0.25, 0.3) is 10.2 Å². The van der Waals surface area contributed by atoms with Gasteiger partial charge in [-0.3, -0.25) is 4.79 Å². The molecule has 0 saturated heterocycles. The molecule has 1 amide bonds. The highest BCUT2D eigenvalue weighted by Crippen LogP contribution is 2.12. The quantitative estimate of drug-likeness (QED) is 0.709. The van der Waals surface area contributed by atoms with Gasteiger partial charge in [0, 0.05) is 34.2 Å². The highest BCUT2D eigenvalue weighted by atomic mass is 32.2. The lowest BCUT2D eigenvalue weighted by molar-refractivity contribution is -0.132. The molecule has 2 rings (SSSR count). The van der Waals surface area contributed by atoms with Crippen molar-refractivity contribution in [2.45, 2.75) is 13.1 Å². The Hall–Kier alpha value is -2.22. The summed E-state index contributed by atoms with van der Waals surface area (Å²) in [6, 6.07) is 19.3. The van der Waals surface area contributed by atoms with E-state index in [-0.39, 0.29) is 12.5 Å². The summed E-state index contributed by atoms with van der Waals surface area (Å²) in [6.07, 6.45) is 0. The molecule has 140 valence electrons. The smallest absolute Gasteiger partial charge is 0.281 e. The molecule has 0 aromatic heterocycles. The van der Waals surface area contributed by atoms with Crippen molar-refractivity contribution in [1.82, 2.24) is 13.5 Å². The summed E-state index contributed by atoms with van der Waals surface area (Å²) in [7, 11) is 0.674. The third-order valence-corrected chi connectivity index (χ3v) is 5.84. The Morgan fingerprint density at radius 1 is 0.808 bits per heavy atom. The number of amides is 1. The molecule has 0 aliphatic heterocycles. The lowest BCUT2D eigenvalue weighted by atomic mass is 10.1. The Morgan fingerprint density at radius 3 is 1.62 bits per heavy atom. The Labute approximate surface area is 155 Å². The summed E-state index contributed by atoms with van der Waals surface area (Å²) >= 11 is 0. The molecule has 0 saturated carbocycles. The summed E-state index contributed by atoms with van der Waals surface area (Å²) in [5.41, 5.74) is 1.99. The van der Waals surface area contributed by atoms with Crippen LogP contribution in [0.1, 0.15) is 11.1 Å². The zero-order valence-electron chi connectivity index (χ0n) is 15.4. The van der Waals surface area contributed by atoms with Crippen molar-refractivity contribution in [2.24, 2.45) is 0 Å². The van der Waals surface area contributed by atoms with Gasteiger partial charge in [-0.2, -0.15) is 17.0 Å². The van der Waals surface area contributed by atoms with Gasteiger partial charge in [0.1, 0.15) is 0 Å². The van der Waals surface area contributed by atoms with Gasteiger partial charge >= 0.3 is 0 Å². The summed E-state index contributed by atoms with van der Waals surface area (Å²) in [4.78, 5) is 14.5. The number of carbonyl (C=O) groups is 1. The third kappa shape index (κ3) is 5.39. The minimum absolute atomic E-state index is 0.208. The van der Waals surface area contributed by atoms with Crippen LogP contribution in [0.4, 0.5) is 0 Å². The summed E-state index contributed by atoms with van der Waals surface area (Å²) in [5, 5.41) is 0. The highest BCUT2D eigenvalue weighted by molar-refractivity contribution is 7.86. The fourth-order valence-electron chi connectivity index (χ4n) is 2.49. The van der Waals surface area contributed by atoms with Crippen LogP contribution in [0, 0.1) is 0 Å². The van der Waals surface area contributed by atoms with Crippen molar-refractivity contribution in [2.75, 3.05) is 27.7 Å². The molecule has 0 atom stereocenters. The largest absolute Gasteiger partial charge is 0.333 e. The van der Waals surface area contributed by atoms with E-state index in [9.17, 15) is 13.2 Å². The Kier molecular flexibility index (Phi) is 6.90. The monoisotopic (exact) mass is 375 g/mol. The average Bonchev–Trinajstić information content (AvgIpc) is 2.62. The molecule has 0 aliphatic carbocycles. The van der Waals surface area contributed by atoms with E-state index in [0.29, 0.717) is 13.1 Å². The van der Waals surface area contributed by atoms with Crippen LogP contribution in [0.3, 0.4) is 0 Å². The van der Waals surface area contributed by atoms with Crippen molar-refractivity contribution >= 4 is 16.1 Å². The zero-order chi connectivity index (χ0) is 19.2. The van der Waals surface area contributed by atoms with Gasteiger partial charge in [0.05, 0.1) is 6.54 Å². The molecule has 6 nitrogen and oxygen atoms in total. The molecule has 26 heavy (non-hydrogen) atoms. The molecule has 0 heterocycles. The molecule has 0 unspecified atom stereocenters. The van der Waals surface area contributed by atoms with Crippen LogP contribution < -0.4 is 0 Å². The number of likely N-dealkylation sites (N-methyl/N-ethyl adjacent to an activating group) is 1. The second-order valence-corrected chi connectivity index (χ2v) is 8.52. The predicted molar refractivity (Wildman–Crippen MR) is 102 cm³/mol. The molecule has 7 heteroatoms. The fourth-order valence-corrected chi connectivity index (χ4v) is 3.32. The maximum Gasteiger partial charge on any atom is 0.281 e. The Morgan fingerprint density at radius 2 is 1.23 bits per heavy atom. The molecule has 0 aliphatic rings. The van der Waals surface area contributed by atoms with E-state index in [1.54, 1.807) is 4.90 Å². The first kappa shape index (κ1) is 20.1. The van der Waals surface area contributed by atoms with Crippen LogP contribution in [0.15, 0.2) is 60.7 Å². The molecule has 2 aromatic rings. The first-order chi connectivity index (χ1) is 12.3. The maximum atomic E-state index is 12.8. The Bertz CT molecular complexity index is 767. The molecule has 0 N–H and O–H groups in total. The molecule has 0 bridgehead atoms. The summed E-state index contributed by atoms with van der Waals surface area (Å²) in [5.74, 6) is -0.245. The van der Waals surface area contributed by atoms with Crippen molar-refractivity contribution in [3.63, 3.8) is 0 Å². The number of carbonyl (C=O) groups excluding carboxylic acids is 1. The second kappa shape index (κ2) is 8.93. The van der Waals surface area contributed by atoms with Crippen LogP contribution in [0.5, 0.6) is 0 Å². The van der Waals surface area contributed by atoms with E-state index in [1.165, 1.54) is 21.1 Å². The third-order valence-electron chi connectivity index (χ3n) is 4.00. The van der Waals surface area contributed by atoms with E-state index in [4.69, 9.17) is 0 Å². The van der Waals surface area contributed by atoms with Gasteiger partial charge in [0.15, 0.2) is 0 Å². The molecular weight excluding hydrogens is 350 g/mol. The van der Waals surface area contributed by atoms with Crippen LogP contribution in [0.2, 0.25) is 0 Å². The van der Waals surface area contributed by atoms with E-state index in [2.05, 4.69) is 0 Å². The van der Waals surface area contributed by atoms with E-state index < -0.39 is 10.2 Å². The minimum atomic E-state index is -3.63. The second-order valence-electron chi connectivity index (χ2n) is 6.27. The first-order valence-corrected chi connectivity index (χ1v) is 9.70. The lowest BCUT2D eigenvalue weighted by Gasteiger charge is -2.27. The molecule has 2 aromatic carbocycles. The number of hydrogen-bond acceptors (Lipinski definition) is 3. The van der Waals surface area contributed by atoms with Gasteiger partial charge in [-0.1, -0.05) is 60.7 Å². The van der Waals surface area contributed by atoms with Crippen LogP contribution in [-0.4, -0.2) is 55.5 Å². The number of hydrogen-bond donors (Lipinski definition) is 0. The van der Waals surface area contributed by atoms with Gasteiger partial charge < -0.3 is 4.90 Å². The number of nitrogens with zero attached hydrogens (tertiary/aromatic N) is 3. The average molecular weight is 375 g/mol. The van der Waals surface area contributed by atoms with Crippen LogP contribution in [-0.2, 0) is 28.1 Å². The normalized spacial score (nSPS) is 11.7. The summed E-state index contributed by atoms with van der Waals surface area (Å²) < 4.78 is 26.5. The predicted octanol–water partition coefficient (Wildman–Crippen LogP) is 1.95. The van der Waals surface area contributed by atoms with Gasteiger partial charge in [0.2, 0.25) is 5.91 Å². The number of benzene rings is 2. The van der Waals surface area contributed by atoms with Crippen molar-refractivity contribution in [3.8, 4) is 0 Å². The highest BCUT2D eigenvalue weighted by Gasteiger charge is 2.25. The van der Waals surface area contributed by atoms with E-state index in [0.717, 1.165) is 19.7 Å². The molecule has 0 spiro atoms. The standard InChI is InChI=1S/C19H25N3O3S/c1-20(2)26(24,25)21(3)16-19(23)22(14-17-10-6-4-7-11-17)15-18-12-8-5-9-13-18/h4-13H,14-16H2,1-3H3. The van der Waals surface area contributed by atoms with Gasteiger partial charge in [-0.25, -0.2) is 0 Å². The lowest BCUT2D eigenvalue weighted by Crippen LogP contribution is -2.44. The first-order valence-electron chi connectivity index (χ1n) is 8.30. The van der Waals surface area contributed by atoms with Crippen molar-refractivity contribution in [1.29, 1.82) is 0 Å². The maximum absolute atomic E-state index is 12.8. The topological polar surface area (TPSA) is 60.9 Å². The minimum Gasteiger partial charge on any atom is -0.333 e. The van der Waals surface area contributed by atoms with Crippen LogP contribution in [0.25, 0.3) is 0 Å². The number of rotatable bonds is 8. The van der Waals surface area contributed by atoms with Gasteiger partial charge in [-0.15, -0.1) is 0 Å².